The molecule has 0 amide bonds. The Hall–Kier alpha value is -0.744. The van der Waals surface area contributed by atoms with Crippen molar-refractivity contribution in [1.29, 1.82) is 0 Å². The van der Waals surface area contributed by atoms with Crippen molar-refractivity contribution in [3.05, 3.63) is 58.7 Å². The van der Waals surface area contributed by atoms with Gasteiger partial charge in [0.05, 0.1) is 15.7 Å². The van der Waals surface area contributed by atoms with Crippen molar-refractivity contribution in [1.82, 2.24) is 0 Å². The molecule has 27 heavy (non-hydrogen) atoms. The van der Waals surface area contributed by atoms with Crippen molar-refractivity contribution in [3.8, 4) is 11.5 Å². The summed E-state index contributed by atoms with van der Waals surface area (Å²) in [5.41, 5.74) is 3.07. The molecule has 3 rings (SSSR count). The van der Waals surface area contributed by atoms with Gasteiger partial charge in [-0.25, -0.2) is 13.2 Å². The molecule has 2 aromatic rings. The Kier molecular flexibility index (Phi) is 9.63. The van der Waals surface area contributed by atoms with E-state index in [-0.39, 0.29) is 57.1 Å². The van der Waals surface area contributed by atoms with Crippen molar-refractivity contribution >= 4 is 16.1 Å². The number of aromatic carboxylic acids is 1. The number of carboxylic acids is 1. The van der Waals surface area contributed by atoms with E-state index < -0.39 is 16.1 Å². The monoisotopic (exact) mass is 416 g/mol. The third-order valence-corrected chi connectivity index (χ3v) is 4.87. The van der Waals surface area contributed by atoms with Crippen LogP contribution in [-0.2, 0) is 23.0 Å². The molecule has 140 valence electrons. The van der Waals surface area contributed by atoms with Crippen molar-refractivity contribution in [2.45, 2.75) is 33.1 Å². The molecule has 0 saturated heterocycles. The zero-order chi connectivity index (χ0) is 19.3. The molecule has 0 aromatic heterocycles. The van der Waals surface area contributed by atoms with Gasteiger partial charge in [-0.3, -0.25) is 0 Å². The van der Waals surface area contributed by atoms with Crippen LogP contribution in [0.3, 0.4) is 0 Å². The summed E-state index contributed by atoms with van der Waals surface area (Å²) in [6.07, 6.45) is 1.73. The van der Waals surface area contributed by atoms with Crippen LogP contribution in [0.5, 0.6) is 11.5 Å². The smallest absolute Gasteiger partial charge is 0.748 e. The third kappa shape index (κ3) is 6.67. The maximum atomic E-state index is 11.5. The van der Waals surface area contributed by atoms with Crippen molar-refractivity contribution < 1.29 is 79.0 Å². The number of hydrogen-bond donors (Lipinski definition) is 1. The Morgan fingerprint density at radius 2 is 1.81 bits per heavy atom. The molecule has 0 atom stereocenters. The van der Waals surface area contributed by atoms with Crippen LogP contribution in [0.25, 0.3) is 0 Å². The van der Waals surface area contributed by atoms with Crippen LogP contribution in [0.2, 0.25) is 0 Å². The molecule has 8 heteroatoms. The Morgan fingerprint density at radius 3 is 2.33 bits per heavy atom. The second-order valence-electron chi connectivity index (χ2n) is 5.88. The van der Waals surface area contributed by atoms with E-state index >= 15 is 0 Å². The fraction of sp³-hybridized carbons (Fsp3) is 0.316. The van der Waals surface area contributed by atoms with Gasteiger partial charge in [-0.05, 0) is 36.1 Å². The van der Waals surface area contributed by atoms with E-state index in [0.717, 1.165) is 22.4 Å². The number of rotatable bonds is 4. The number of para-hydroxylation sites is 1. The fourth-order valence-corrected chi connectivity index (χ4v) is 3.32. The van der Waals surface area contributed by atoms with Gasteiger partial charge >= 0.3 is 57.4 Å². The zero-order valence-corrected chi connectivity index (χ0v) is 19.6. The summed E-state index contributed by atoms with van der Waals surface area (Å²) >= 11 is 0. The molecule has 0 fully saturated rings. The maximum Gasteiger partial charge on any atom is 1.00 e. The molecule has 6 nitrogen and oxygen atoms in total. The summed E-state index contributed by atoms with van der Waals surface area (Å²) in [5.74, 6) is 0.355. The fourth-order valence-electron chi connectivity index (χ4n) is 2.82. The molecule has 0 aliphatic carbocycles. The third-order valence-electron chi connectivity index (χ3n) is 3.96. The van der Waals surface area contributed by atoms with E-state index in [1.165, 1.54) is 0 Å². The number of fused-ring (bicyclic) bond motifs is 2. The number of ether oxygens (including phenoxy) is 1. The molecule has 1 heterocycles. The van der Waals surface area contributed by atoms with E-state index in [0.29, 0.717) is 30.6 Å². The molecule has 0 saturated carbocycles. The van der Waals surface area contributed by atoms with E-state index in [9.17, 15) is 22.9 Å². The number of aryl methyl sites for hydroxylation is 1. The summed E-state index contributed by atoms with van der Waals surface area (Å²) in [7, 11) is -3.92. The van der Waals surface area contributed by atoms with Crippen LogP contribution in [0.1, 0.15) is 47.3 Å². The quantitative estimate of drug-likeness (QED) is 0.493. The molecule has 0 spiro atoms. The summed E-state index contributed by atoms with van der Waals surface area (Å²) in [6.45, 7) is 3.61. The maximum absolute atomic E-state index is 11.5. The van der Waals surface area contributed by atoms with E-state index in [1.54, 1.807) is 6.92 Å². The predicted octanol–water partition coefficient (Wildman–Crippen LogP) is 0.589. The number of carbonyl (C=O) groups is 1. The van der Waals surface area contributed by atoms with Gasteiger partial charge in [0, 0.05) is 17.7 Å². The summed E-state index contributed by atoms with van der Waals surface area (Å²) in [6, 6.07) is 11.5. The van der Waals surface area contributed by atoms with Crippen molar-refractivity contribution in [3.63, 3.8) is 0 Å². The SMILES string of the molecule is CCCS(=O)(=O)[O-].CCc1ccc2c(c1C(=O)O)Cc1ccccc1O2.[K+]. The Labute approximate surface area is 202 Å². The second kappa shape index (κ2) is 10.7. The molecular weight excluding hydrogens is 395 g/mol. The minimum Gasteiger partial charge on any atom is -0.748 e. The van der Waals surface area contributed by atoms with Crippen molar-refractivity contribution in [2.75, 3.05) is 5.75 Å². The van der Waals surface area contributed by atoms with Crippen LogP contribution in [0.15, 0.2) is 36.4 Å². The van der Waals surface area contributed by atoms with Gasteiger partial charge in [-0.1, -0.05) is 38.1 Å². The summed E-state index contributed by atoms with van der Waals surface area (Å²) in [4.78, 5) is 11.5. The van der Waals surface area contributed by atoms with E-state index in [4.69, 9.17) is 4.74 Å². The minimum atomic E-state index is -3.92. The molecular formula is C19H21KO6S. The van der Waals surface area contributed by atoms with Crippen LogP contribution >= 0.6 is 0 Å². The average molecular weight is 417 g/mol. The second-order valence-corrected chi connectivity index (χ2v) is 7.41. The van der Waals surface area contributed by atoms with Gasteiger partial charge in [-0.15, -0.1) is 0 Å². The van der Waals surface area contributed by atoms with Gasteiger partial charge in [0.1, 0.15) is 11.5 Å². The molecule has 1 N–H and O–H groups in total. The van der Waals surface area contributed by atoms with Gasteiger partial charge < -0.3 is 14.4 Å². The van der Waals surface area contributed by atoms with Crippen molar-refractivity contribution in [2.24, 2.45) is 0 Å². The average Bonchev–Trinajstić information content (AvgIpc) is 2.58. The van der Waals surface area contributed by atoms with Gasteiger partial charge in [-0.2, -0.15) is 0 Å². The van der Waals surface area contributed by atoms with Gasteiger partial charge in [0.15, 0.2) is 0 Å². The van der Waals surface area contributed by atoms with Crippen LogP contribution in [0, 0.1) is 0 Å². The molecule has 0 unspecified atom stereocenters. The first-order valence-corrected chi connectivity index (χ1v) is 9.91. The standard InChI is InChI=1S/C16H14O3.C3H8O3S.K/c1-2-10-7-8-14-12(15(10)16(17)18)9-11-5-3-4-6-13(11)19-14;1-2-3-7(4,5)6;/h3-8H,2,9H2,1H3,(H,17,18);2-3H2,1H3,(H,4,5,6);/q;;+1/p-1. The molecule has 0 bridgehead atoms. The van der Waals surface area contributed by atoms with Crippen LogP contribution in [-0.4, -0.2) is 29.8 Å². The Bertz CT molecular complexity index is 908. The molecule has 1 aliphatic heterocycles. The van der Waals surface area contributed by atoms with Crippen LogP contribution in [0.4, 0.5) is 0 Å². The topological polar surface area (TPSA) is 104 Å². The van der Waals surface area contributed by atoms with E-state index in [2.05, 4.69) is 0 Å². The molecule has 0 radical (unpaired) electrons. The molecule has 2 aromatic carbocycles. The van der Waals surface area contributed by atoms with E-state index in [1.807, 2.05) is 43.3 Å². The minimum absolute atomic E-state index is 0. The first kappa shape index (κ1) is 24.3. The Balaban J connectivity index is 0.000000395. The number of benzene rings is 2. The van der Waals surface area contributed by atoms with Gasteiger partial charge in [0.2, 0.25) is 0 Å². The Morgan fingerprint density at radius 1 is 1.15 bits per heavy atom. The number of carboxylic acid groups (broad SMARTS) is 1. The zero-order valence-electron chi connectivity index (χ0n) is 15.7. The summed E-state index contributed by atoms with van der Waals surface area (Å²) in [5, 5.41) is 9.45. The predicted molar refractivity (Wildman–Crippen MR) is 97.0 cm³/mol. The largest absolute Gasteiger partial charge is 1.00 e. The normalized spacial score (nSPS) is 11.7. The first-order valence-electron chi connectivity index (χ1n) is 8.34. The molecule has 1 aliphatic rings. The first-order chi connectivity index (χ1) is 12.3. The summed E-state index contributed by atoms with van der Waals surface area (Å²) < 4.78 is 34.8. The number of hydrogen-bond acceptors (Lipinski definition) is 5. The van der Waals surface area contributed by atoms with Gasteiger partial charge in [0.25, 0.3) is 0 Å². The van der Waals surface area contributed by atoms with Crippen LogP contribution < -0.4 is 56.1 Å².